The molecule has 0 aromatic carbocycles. The number of rotatable bonds is 4. The predicted octanol–water partition coefficient (Wildman–Crippen LogP) is 1.53. The summed E-state index contributed by atoms with van der Waals surface area (Å²) >= 11 is 0. The molecule has 7 nitrogen and oxygen atoms in total. The van der Waals surface area contributed by atoms with Crippen molar-refractivity contribution in [1.82, 2.24) is 15.3 Å². The zero-order valence-electron chi connectivity index (χ0n) is 13.7. The molecule has 1 unspecified atom stereocenters. The Kier molecular flexibility index (Phi) is 5.33. The van der Waals surface area contributed by atoms with Gasteiger partial charge in [-0.15, -0.1) is 0 Å². The first-order valence-corrected chi connectivity index (χ1v) is 10.4. The fourth-order valence-corrected chi connectivity index (χ4v) is 4.98. The van der Waals surface area contributed by atoms with Crippen LogP contribution in [-0.2, 0) is 9.84 Å². The number of carbonyl (C=O) groups is 1. The number of nitrogens with zero attached hydrogens (tertiary/aromatic N) is 2. The van der Waals surface area contributed by atoms with E-state index in [9.17, 15) is 13.2 Å². The van der Waals surface area contributed by atoms with Crippen LogP contribution < -0.4 is 10.6 Å². The van der Waals surface area contributed by atoms with Crippen LogP contribution in [0.5, 0.6) is 0 Å². The number of amides is 1. The van der Waals surface area contributed by atoms with Crippen molar-refractivity contribution in [1.29, 1.82) is 0 Å². The van der Waals surface area contributed by atoms with Crippen molar-refractivity contribution in [3.63, 3.8) is 0 Å². The third kappa shape index (κ3) is 4.66. The largest absolute Gasteiger partial charge is 0.350 e. The summed E-state index contributed by atoms with van der Waals surface area (Å²) in [4.78, 5) is 20.6. The third-order valence-electron chi connectivity index (χ3n) is 4.67. The number of sulfone groups is 1. The van der Waals surface area contributed by atoms with E-state index in [1.165, 1.54) is 25.2 Å². The van der Waals surface area contributed by atoms with Gasteiger partial charge in [0.2, 0.25) is 5.95 Å². The fraction of sp³-hybridized carbons (Fsp3) is 0.688. The van der Waals surface area contributed by atoms with Crippen molar-refractivity contribution in [2.24, 2.45) is 0 Å². The zero-order chi connectivity index (χ0) is 17.0. The van der Waals surface area contributed by atoms with Gasteiger partial charge >= 0.3 is 0 Å². The summed E-state index contributed by atoms with van der Waals surface area (Å²) in [5.74, 6) is 0.535. The number of nitrogens with one attached hydrogen (secondary N) is 2. The van der Waals surface area contributed by atoms with E-state index in [0.717, 1.165) is 25.7 Å². The Morgan fingerprint density at radius 3 is 2.25 bits per heavy atom. The SMILES string of the molecule is O=C(NC1CCCCCC1)c1cnc(NC2CCS(=O)(=O)C2)nc1. The lowest BCUT2D eigenvalue weighted by Gasteiger charge is -2.16. The van der Waals surface area contributed by atoms with Gasteiger partial charge in [0.05, 0.1) is 17.1 Å². The van der Waals surface area contributed by atoms with Gasteiger partial charge in [0.15, 0.2) is 9.84 Å². The summed E-state index contributed by atoms with van der Waals surface area (Å²) in [6, 6.07) is 0.0853. The number of carbonyl (C=O) groups excluding carboxylic acids is 1. The van der Waals surface area contributed by atoms with E-state index in [4.69, 9.17) is 0 Å². The van der Waals surface area contributed by atoms with E-state index >= 15 is 0 Å². The minimum Gasteiger partial charge on any atom is -0.350 e. The van der Waals surface area contributed by atoms with E-state index in [1.807, 2.05) is 0 Å². The van der Waals surface area contributed by atoms with Gasteiger partial charge in [-0.3, -0.25) is 4.79 Å². The van der Waals surface area contributed by atoms with E-state index in [-0.39, 0.29) is 29.5 Å². The Labute approximate surface area is 142 Å². The molecular weight excluding hydrogens is 328 g/mol. The quantitative estimate of drug-likeness (QED) is 0.797. The van der Waals surface area contributed by atoms with Crippen LogP contribution in [0, 0.1) is 0 Å². The molecule has 1 aliphatic carbocycles. The summed E-state index contributed by atoms with van der Waals surface area (Å²) < 4.78 is 22.9. The summed E-state index contributed by atoms with van der Waals surface area (Å²) in [6.07, 6.45) is 10.4. The highest BCUT2D eigenvalue weighted by atomic mass is 32.2. The Morgan fingerprint density at radius 1 is 1.00 bits per heavy atom. The average molecular weight is 352 g/mol. The Balaban J connectivity index is 1.54. The molecule has 8 heteroatoms. The van der Waals surface area contributed by atoms with Crippen LogP contribution >= 0.6 is 0 Å². The maximum atomic E-state index is 12.3. The van der Waals surface area contributed by atoms with E-state index in [1.54, 1.807) is 0 Å². The molecule has 2 fully saturated rings. The highest BCUT2D eigenvalue weighted by Gasteiger charge is 2.28. The number of hydrogen-bond donors (Lipinski definition) is 2. The molecule has 3 rings (SSSR count). The van der Waals surface area contributed by atoms with Gasteiger partial charge < -0.3 is 10.6 Å². The Hall–Kier alpha value is -1.70. The lowest BCUT2D eigenvalue weighted by Crippen LogP contribution is -2.34. The van der Waals surface area contributed by atoms with Gasteiger partial charge in [-0.2, -0.15) is 0 Å². The summed E-state index contributed by atoms with van der Waals surface area (Å²) in [6.45, 7) is 0. The van der Waals surface area contributed by atoms with Crippen molar-refractivity contribution < 1.29 is 13.2 Å². The lowest BCUT2D eigenvalue weighted by molar-refractivity contribution is 0.0932. The van der Waals surface area contributed by atoms with E-state index in [0.29, 0.717) is 17.9 Å². The van der Waals surface area contributed by atoms with Crippen molar-refractivity contribution in [2.75, 3.05) is 16.8 Å². The van der Waals surface area contributed by atoms with Crippen LogP contribution in [0.1, 0.15) is 55.3 Å². The summed E-state index contributed by atoms with van der Waals surface area (Å²) in [5.41, 5.74) is 0.434. The minimum atomic E-state index is -2.94. The molecule has 2 N–H and O–H groups in total. The van der Waals surface area contributed by atoms with E-state index < -0.39 is 9.84 Å². The topological polar surface area (TPSA) is 101 Å². The Morgan fingerprint density at radius 2 is 1.67 bits per heavy atom. The van der Waals surface area contributed by atoms with Crippen LogP contribution in [0.4, 0.5) is 5.95 Å². The monoisotopic (exact) mass is 352 g/mol. The molecular formula is C16H24N4O3S. The molecule has 1 amide bonds. The molecule has 1 aromatic rings. The summed E-state index contributed by atoms with van der Waals surface area (Å²) in [5, 5.41) is 6.08. The van der Waals surface area contributed by atoms with Gasteiger partial charge in [-0.05, 0) is 19.3 Å². The van der Waals surface area contributed by atoms with Crippen molar-refractivity contribution in [2.45, 2.75) is 57.0 Å². The number of aromatic nitrogens is 2. The molecule has 1 aliphatic heterocycles. The minimum absolute atomic E-state index is 0.111. The predicted molar refractivity (Wildman–Crippen MR) is 91.7 cm³/mol. The van der Waals surface area contributed by atoms with Crippen LogP contribution in [0.15, 0.2) is 12.4 Å². The van der Waals surface area contributed by atoms with Crippen LogP contribution in [0.3, 0.4) is 0 Å². The van der Waals surface area contributed by atoms with Crippen molar-refractivity contribution >= 4 is 21.7 Å². The first-order valence-electron chi connectivity index (χ1n) is 8.62. The van der Waals surface area contributed by atoms with Crippen LogP contribution in [0.25, 0.3) is 0 Å². The van der Waals surface area contributed by atoms with Gasteiger partial charge in [0.1, 0.15) is 0 Å². The lowest BCUT2D eigenvalue weighted by atomic mass is 10.1. The maximum absolute atomic E-state index is 12.3. The van der Waals surface area contributed by atoms with E-state index in [2.05, 4.69) is 20.6 Å². The number of anilines is 1. The van der Waals surface area contributed by atoms with Crippen molar-refractivity contribution in [3.05, 3.63) is 18.0 Å². The average Bonchev–Trinajstić information content (AvgIpc) is 2.75. The van der Waals surface area contributed by atoms with Gasteiger partial charge in [0.25, 0.3) is 5.91 Å². The molecule has 0 radical (unpaired) electrons. The van der Waals surface area contributed by atoms with Crippen molar-refractivity contribution in [3.8, 4) is 0 Å². The molecule has 24 heavy (non-hydrogen) atoms. The molecule has 1 saturated heterocycles. The molecule has 2 heterocycles. The molecule has 1 aromatic heterocycles. The normalized spacial score (nSPS) is 24.2. The molecule has 1 atom stereocenters. The molecule has 0 bridgehead atoms. The molecule has 1 saturated carbocycles. The first kappa shape index (κ1) is 17.1. The second kappa shape index (κ2) is 7.46. The van der Waals surface area contributed by atoms with Gasteiger partial charge in [-0.1, -0.05) is 25.7 Å². The van der Waals surface area contributed by atoms with Gasteiger partial charge in [-0.25, -0.2) is 18.4 Å². The number of hydrogen-bond acceptors (Lipinski definition) is 6. The highest BCUT2D eigenvalue weighted by Crippen LogP contribution is 2.18. The second-order valence-corrected chi connectivity index (χ2v) is 8.93. The smallest absolute Gasteiger partial charge is 0.254 e. The summed E-state index contributed by atoms with van der Waals surface area (Å²) in [7, 11) is -2.94. The standard InChI is InChI=1S/C16H24N4O3S/c21-15(19-13-5-3-1-2-4-6-13)12-9-17-16(18-10-12)20-14-7-8-24(22,23)11-14/h9-10,13-14H,1-8,11H2,(H,19,21)(H,17,18,20). The van der Waals surface area contributed by atoms with Crippen LogP contribution in [0.2, 0.25) is 0 Å². The molecule has 132 valence electrons. The highest BCUT2D eigenvalue weighted by molar-refractivity contribution is 7.91. The van der Waals surface area contributed by atoms with Crippen LogP contribution in [-0.4, -0.2) is 47.9 Å². The van der Waals surface area contributed by atoms with Gasteiger partial charge in [0, 0.05) is 24.5 Å². The molecule has 0 spiro atoms. The fourth-order valence-electron chi connectivity index (χ4n) is 3.30. The Bertz CT molecular complexity index is 667. The zero-order valence-corrected chi connectivity index (χ0v) is 14.5. The molecule has 2 aliphatic rings. The second-order valence-electron chi connectivity index (χ2n) is 6.70. The third-order valence-corrected chi connectivity index (χ3v) is 6.44. The maximum Gasteiger partial charge on any atom is 0.254 e. The first-order chi connectivity index (χ1) is 11.5.